The van der Waals surface area contributed by atoms with E-state index in [0.717, 1.165) is 27.8 Å². The first kappa shape index (κ1) is 19.5. The third-order valence-corrected chi connectivity index (χ3v) is 5.11. The summed E-state index contributed by atoms with van der Waals surface area (Å²) in [5.74, 6) is 0.334. The molecular weight excluding hydrogens is 419 g/mol. The van der Waals surface area contributed by atoms with Crippen molar-refractivity contribution in [2.45, 2.75) is 6.18 Å². The minimum Gasteiger partial charge on any atom is -0.271 e. The van der Waals surface area contributed by atoms with Gasteiger partial charge in [-0.2, -0.15) is 27.9 Å². The molecule has 0 atom stereocenters. The fourth-order valence-electron chi connectivity index (χ4n) is 3.44. The van der Waals surface area contributed by atoms with E-state index in [1.807, 2.05) is 12.1 Å². The Kier molecular flexibility index (Phi) is 4.30. The van der Waals surface area contributed by atoms with E-state index in [1.54, 1.807) is 30.3 Å². The number of aromatic amines is 1. The first-order valence-electron chi connectivity index (χ1n) is 9.44. The van der Waals surface area contributed by atoms with Crippen LogP contribution in [0.15, 0.2) is 71.5 Å². The molecule has 2 aromatic heterocycles. The van der Waals surface area contributed by atoms with Crippen LogP contribution < -0.4 is 5.56 Å². The Bertz CT molecular complexity index is 1570. The number of benzene rings is 3. The third kappa shape index (κ3) is 3.28. The van der Waals surface area contributed by atoms with E-state index in [4.69, 9.17) is 5.26 Å². The quantitative estimate of drug-likeness (QED) is 0.435. The number of nitrogens with zero attached hydrogens (tertiary/aromatic N) is 4. The molecule has 9 heteroatoms. The lowest BCUT2D eigenvalue weighted by molar-refractivity contribution is -0.137. The number of hydrogen-bond donors (Lipinski definition) is 1. The molecule has 0 fully saturated rings. The van der Waals surface area contributed by atoms with Crippen molar-refractivity contribution in [3.05, 3.63) is 88.2 Å². The number of rotatable bonds is 2. The van der Waals surface area contributed by atoms with Gasteiger partial charge >= 0.3 is 6.18 Å². The van der Waals surface area contributed by atoms with Crippen LogP contribution in [-0.4, -0.2) is 19.6 Å². The highest BCUT2D eigenvalue weighted by Gasteiger charge is 2.30. The highest BCUT2D eigenvalue weighted by molar-refractivity contribution is 5.84. The molecule has 0 amide bonds. The molecular formula is C23H12F3N5O. The molecule has 0 radical (unpaired) electrons. The molecule has 0 saturated heterocycles. The lowest BCUT2D eigenvalue weighted by atomic mass is 10.0. The summed E-state index contributed by atoms with van der Waals surface area (Å²) in [6.45, 7) is 0. The molecule has 1 N–H and O–H groups in total. The topological polar surface area (TPSA) is 86.8 Å². The largest absolute Gasteiger partial charge is 0.416 e. The van der Waals surface area contributed by atoms with E-state index in [1.165, 1.54) is 12.1 Å². The van der Waals surface area contributed by atoms with E-state index < -0.39 is 11.7 Å². The van der Waals surface area contributed by atoms with Gasteiger partial charge in [0.05, 0.1) is 28.1 Å². The molecule has 0 aliphatic rings. The molecule has 0 unspecified atom stereocenters. The van der Waals surface area contributed by atoms with Crippen LogP contribution in [0.4, 0.5) is 13.2 Å². The zero-order valence-corrected chi connectivity index (χ0v) is 16.2. The second-order valence-electron chi connectivity index (χ2n) is 7.12. The number of nitriles is 1. The number of aromatic nitrogens is 4. The van der Waals surface area contributed by atoms with Gasteiger partial charge in [-0.25, -0.2) is 4.98 Å². The fraction of sp³-hybridized carbons (Fsp3) is 0.0435. The summed E-state index contributed by atoms with van der Waals surface area (Å²) in [6, 6.07) is 18.8. The molecule has 32 heavy (non-hydrogen) atoms. The summed E-state index contributed by atoms with van der Waals surface area (Å²) in [6.07, 6.45) is -4.44. The zero-order valence-electron chi connectivity index (χ0n) is 16.2. The van der Waals surface area contributed by atoms with E-state index in [2.05, 4.69) is 21.1 Å². The third-order valence-electron chi connectivity index (χ3n) is 5.11. The summed E-state index contributed by atoms with van der Waals surface area (Å²) in [4.78, 5) is 21.7. The maximum atomic E-state index is 12.9. The van der Waals surface area contributed by atoms with Gasteiger partial charge in [0, 0.05) is 5.56 Å². The van der Waals surface area contributed by atoms with Gasteiger partial charge in [0.2, 0.25) is 0 Å². The Morgan fingerprint density at radius 2 is 1.53 bits per heavy atom. The maximum Gasteiger partial charge on any atom is 0.416 e. The summed E-state index contributed by atoms with van der Waals surface area (Å²) in [5, 5.41) is 12.1. The molecule has 156 valence electrons. The van der Waals surface area contributed by atoms with Gasteiger partial charge in [-0.1, -0.05) is 30.3 Å². The van der Waals surface area contributed by atoms with Gasteiger partial charge < -0.3 is 0 Å². The second-order valence-corrected chi connectivity index (χ2v) is 7.12. The van der Waals surface area contributed by atoms with Gasteiger partial charge in [0.15, 0.2) is 5.82 Å². The van der Waals surface area contributed by atoms with Crippen molar-refractivity contribution in [3.63, 3.8) is 0 Å². The van der Waals surface area contributed by atoms with Gasteiger partial charge in [-0.3, -0.25) is 9.89 Å². The maximum absolute atomic E-state index is 12.9. The van der Waals surface area contributed by atoms with E-state index in [0.29, 0.717) is 22.0 Å². The van der Waals surface area contributed by atoms with Crippen molar-refractivity contribution in [2.75, 3.05) is 0 Å². The second kappa shape index (κ2) is 7.06. The Morgan fingerprint density at radius 1 is 0.875 bits per heavy atom. The minimum absolute atomic E-state index is 0.106. The Labute approximate surface area is 178 Å². The highest BCUT2D eigenvalue weighted by atomic mass is 19.4. The molecule has 0 saturated carbocycles. The lowest BCUT2D eigenvalue weighted by Crippen LogP contribution is -2.15. The van der Waals surface area contributed by atoms with Crippen LogP contribution in [0.25, 0.3) is 39.2 Å². The predicted octanol–water partition coefficient (Wildman–Crippen LogP) is 4.80. The number of alkyl halides is 3. The number of fused-ring (bicyclic) bond motifs is 2. The van der Waals surface area contributed by atoms with Gasteiger partial charge in [-0.15, -0.1) is 0 Å². The van der Waals surface area contributed by atoms with Crippen LogP contribution in [0.5, 0.6) is 0 Å². The Hall–Kier alpha value is -4.45. The van der Waals surface area contributed by atoms with Crippen LogP contribution in [0.3, 0.4) is 0 Å². The van der Waals surface area contributed by atoms with Crippen molar-refractivity contribution in [1.29, 1.82) is 5.26 Å². The normalized spacial score (nSPS) is 11.7. The smallest absolute Gasteiger partial charge is 0.271 e. The van der Waals surface area contributed by atoms with Crippen LogP contribution in [-0.2, 0) is 6.18 Å². The summed E-state index contributed by atoms with van der Waals surface area (Å²) < 4.78 is 39.6. The highest BCUT2D eigenvalue weighted by Crippen LogP contribution is 2.30. The fourth-order valence-corrected chi connectivity index (χ4v) is 3.44. The molecule has 0 bridgehead atoms. The molecule has 0 spiro atoms. The van der Waals surface area contributed by atoms with Crippen molar-refractivity contribution in [2.24, 2.45) is 0 Å². The van der Waals surface area contributed by atoms with E-state index >= 15 is 0 Å². The monoisotopic (exact) mass is 431 g/mol. The molecule has 5 aromatic rings. The molecule has 3 aromatic carbocycles. The lowest BCUT2D eigenvalue weighted by Gasteiger charge is -2.06. The van der Waals surface area contributed by atoms with Crippen LogP contribution in [0, 0.1) is 11.3 Å². The van der Waals surface area contributed by atoms with Crippen molar-refractivity contribution >= 4 is 16.7 Å². The molecule has 5 rings (SSSR count). The first-order chi connectivity index (χ1) is 15.3. The Balaban J connectivity index is 1.59. The summed E-state index contributed by atoms with van der Waals surface area (Å²) in [7, 11) is 0. The van der Waals surface area contributed by atoms with E-state index in [-0.39, 0.29) is 17.2 Å². The molecule has 2 heterocycles. The SMILES string of the molecule is N#Cc1ccc(-c2ccc3c(=O)n4[nH]c(-c5ccc(C(F)(F)F)cc5)nc4nc3c2)cc1. The number of hydrogen-bond acceptors (Lipinski definition) is 4. The van der Waals surface area contributed by atoms with Crippen molar-refractivity contribution in [3.8, 4) is 28.6 Å². The summed E-state index contributed by atoms with van der Waals surface area (Å²) in [5.41, 5.74) is 1.90. The standard InChI is InChI=1S/C23H12F3N5O/c24-23(25,26)17-8-5-15(6-9-17)20-29-22-28-19-11-16(14-3-1-13(12-27)2-4-14)7-10-18(19)21(32)31(22)30-20/h1-11H,(H,28,29,30). The van der Waals surface area contributed by atoms with Crippen LogP contribution in [0.2, 0.25) is 0 Å². The van der Waals surface area contributed by atoms with Crippen LogP contribution >= 0.6 is 0 Å². The average molecular weight is 431 g/mol. The Morgan fingerprint density at radius 3 is 2.19 bits per heavy atom. The van der Waals surface area contributed by atoms with E-state index in [9.17, 15) is 18.0 Å². The van der Waals surface area contributed by atoms with Crippen molar-refractivity contribution < 1.29 is 13.2 Å². The first-order valence-corrected chi connectivity index (χ1v) is 9.44. The number of halogens is 3. The molecule has 6 nitrogen and oxygen atoms in total. The predicted molar refractivity (Wildman–Crippen MR) is 112 cm³/mol. The molecule has 0 aliphatic heterocycles. The number of H-pyrrole nitrogens is 1. The zero-order chi connectivity index (χ0) is 22.5. The van der Waals surface area contributed by atoms with Gasteiger partial charge in [0.25, 0.3) is 11.3 Å². The van der Waals surface area contributed by atoms with Gasteiger partial charge in [-0.05, 0) is 47.5 Å². The van der Waals surface area contributed by atoms with Crippen molar-refractivity contribution in [1.82, 2.24) is 19.6 Å². The summed E-state index contributed by atoms with van der Waals surface area (Å²) >= 11 is 0. The van der Waals surface area contributed by atoms with Crippen LogP contribution in [0.1, 0.15) is 11.1 Å². The molecule has 0 aliphatic carbocycles. The minimum atomic E-state index is -4.44. The van der Waals surface area contributed by atoms with Gasteiger partial charge in [0.1, 0.15) is 0 Å². The average Bonchev–Trinajstić information content (AvgIpc) is 3.23. The number of nitrogens with one attached hydrogen (secondary N) is 1.